The summed E-state index contributed by atoms with van der Waals surface area (Å²) in [4.78, 5) is 26.6. The number of ether oxygens (including phenoxy) is 1. The number of rotatable bonds is 4. The van der Waals surface area contributed by atoms with Gasteiger partial charge in [-0.2, -0.15) is 0 Å². The zero-order chi connectivity index (χ0) is 20.3. The molecule has 7 nitrogen and oxygen atoms in total. The van der Waals surface area contributed by atoms with Crippen LogP contribution >= 0.6 is 0 Å². The van der Waals surface area contributed by atoms with Gasteiger partial charge in [0.05, 0.1) is 23.7 Å². The number of halogens is 2. The summed E-state index contributed by atoms with van der Waals surface area (Å²) in [5, 5.41) is 11.4. The SMILES string of the molecule is COc1cc(N2CCCN(C(=O)c3ccccc3F)CC2)c([N+](=O)[O-])cc1F. The molecule has 148 valence electrons. The molecule has 1 saturated heterocycles. The summed E-state index contributed by atoms with van der Waals surface area (Å²) in [6, 6.07) is 7.89. The smallest absolute Gasteiger partial charge is 0.295 e. The van der Waals surface area contributed by atoms with Crippen molar-refractivity contribution in [2.24, 2.45) is 0 Å². The van der Waals surface area contributed by atoms with Gasteiger partial charge in [0.2, 0.25) is 0 Å². The van der Waals surface area contributed by atoms with Gasteiger partial charge < -0.3 is 14.5 Å². The highest BCUT2D eigenvalue weighted by atomic mass is 19.1. The predicted octanol–water partition coefficient (Wildman–Crippen LogP) is 3.23. The van der Waals surface area contributed by atoms with Crippen LogP contribution in [0.2, 0.25) is 0 Å². The minimum Gasteiger partial charge on any atom is -0.494 e. The number of benzene rings is 2. The van der Waals surface area contributed by atoms with Crippen LogP contribution in [0.3, 0.4) is 0 Å². The number of methoxy groups -OCH3 is 1. The Morgan fingerprint density at radius 1 is 1.11 bits per heavy atom. The van der Waals surface area contributed by atoms with E-state index < -0.39 is 22.5 Å². The molecule has 0 atom stereocenters. The molecule has 0 N–H and O–H groups in total. The summed E-state index contributed by atoms with van der Waals surface area (Å²) < 4.78 is 32.8. The molecule has 0 spiro atoms. The highest BCUT2D eigenvalue weighted by Gasteiger charge is 2.27. The molecule has 28 heavy (non-hydrogen) atoms. The van der Waals surface area contributed by atoms with Crippen molar-refractivity contribution in [1.82, 2.24) is 4.90 Å². The van der Waals surface area contributed by atoms with Crippen LogP contribution in [0.1, 0.15) is 16.8 Å². The second-order valence-corrected chi connectivity index (χ2v) is 6.35. The van der Waals surface area contributed by atoms with E-state index in [-0.39, 0.29) is 35.8 Å². The molecule has 0 aliphatic carbocycles. The van der Waals surface area contributed by atoms with E-state index in [0.717, 1.165) is 6.07 Å². The number of nitro groups is 1. The highest BCUT2D eigenvalue weighted by molar-refractivity contribution is 5.94. The number of carbonyl (C=O) groups excluding carboxylic acids is 1. The van der Waals surface area contributed by atoms with Gasteiger partial charge in [0, 0.05) is 32.2 Å². The Hall–Kier alpha value is -3.23. The number of nitrogens with zero attached hydrogens (tertiary/aromatic N) is 3. The average Bonchev–Trinajstić information content (AvgIpc) is 2.93. The lowest BCUT2D eigenvalue weighted by atomic mass is 10.2. The molecule has 0 saturated carbocycles. The average molecular weight is 391 g/mol. The van der Waals surface area contributed by atoms with Crippen LogP contribution in [0.15, 0.2) is 36.4 Å². The fourth-order valence-electron chi connectivity index (χ4n) is 3.25. The monoisotopic (exact) mass is 391 g/mol. The molecule has 1 fully saturated rings. The normalized spacial score (nSPS) is 14.5. The van der Waals surface area contributed by atoms with Crippen molar-refractivity contribution in [3.8, 4) is 5.75 Å². The number of amides is 1. The van der Waals surface area contributed by atoms with E-state index in [1.54, 1.807) is 11.0 Å². The minimum atomic E-state index is -0.816. The minimum absolute atomic E-state index is 0.00891. The zero-order valence-corrected chi connectivity index (χ0v) is 15.2. The second kappa shape index (κ2) is 8.20. The molecule has 2 aromatic rings. The summed E-state index contributed by atoms with van der Waals surface area (Å²) in [6.45, 7) is 1.35. The van der Waals surface area contributed by atoms with Crippen LogP contribution in [0.4, 0.5) is 20.2 Å². The van der Waals surface area contributed by atoms with Crippen LogP contribution in [-0.4, -0.2) is 49.0 Å². The first kappa shape index (κ1) is 19.5. The molecule has 1 heterocycles. The standard InChI is InChI=1S/C19H19F2N3O4/c1-28-18-12-16(17(24(26)27)11-15(18)21)22-7-4-8-23(10-9-22)19(25)13-5-2-3-6-14(13)20/h2-3,5-6,11-12H,4,7-10H2,1H3. The quantitative estimate of drug-likeness (QED) is 0.591. The maximum absolute atomic E-state index is 13.9. The molecule has 2 aromatic carbocycles. The van der Waals surface area contributed by atoms with Crippen LogP contribution in [-0.2, 0) is 0 Å². The number of hydrogen-bond donors (Lipinski definition) is 0. The topological polar surface area (TPSA) is 75.9 Å². The van der Waals surface area contributed by atoms with Crippen molar-refractivity contribution >= 4 is 17.3 Å². The fourth-order valence-corrected chi connectivity index (χ4v) is 3.25. The lowest BCUT2D eigenvalue weighted by molar-refractivity contribution is -0.384. The second-order valence-electron chi connectivity index (χ2n) is 6.35. The van der Waals surface area contributed by atoms with E-state index in [2.05, 4.69) is 0 Å². The molecule has 0 radical (unpaired) electrons. The van der Waals surface area contributed by atoms with Gasteiger partial charge in [0.1, 0.15) is 11.5 Å². The number of anilines is 1. The maximum atomic E-state index is 13.9. The number of nitro benzene ring substituents is 1. The van der Waals surface area contributed by atoms with Crippen molar-refractivity contribution < 1.29 is 23.2 Å². The molecule has 9 heteroatoms. The molecule has 1 amide bonds. The van der Waals surface area contributed by atoms with Crippen LogP contribution < -0.4 is 9.64 Å². The van der Waals surface area contributed by atoms with E-state index in [4.69, 9.17) is 4.74 Å². The Balaban J connectivity index is 1.83. The van der Waals surface area contributed by atoms with Crippen LogP contribution in [0.5, 0.6) is 5.75 Å². The highest BCUT2D eigenvalue weighted by Crippen LogP contribution is 2.35. The number of hydrogen-bond acceptors (Lipinski definition) is 5. The molecule has 1 aliphatic rings. The number of carbonyl (C=O) groups is 1. The van der Waals surface area contributed by atoms with Crippen molar-refractivity contribution in [2.75, 3.05) is 38.2 Å². The van der Waals surface area contributed by atoms with E-state index in [0.29, 0.717) is 19.5 Å². The van der Waals surface area contributed by atoms with Gasteiger partial charge in [-0.15, -0.1) is 0 Å². The van der Waals surface area contributed by atoms with E-state index in [1.807, 2.05) is 0 Å². The van der Waals surface area contributed by atoms with Crippen molar-refractivity contribution in [3.63, 3.8) is 0 Å². The lowest BCUT2D eigenvalue weighted by Gasteiger charge is -2.24. The molecule has 3 rings (SSSR count). The summed E-state index contributed by atoms with van der Waals surface area (Å²) in [7, 11) is 1.28. The van der Waals surface area contributed by atoms with Gasteiger partial charge in [0.15, 0.2) is 11.6 Å². The molecule has 0 aromatic heterocycles. The Labute approximate surface area is 160 Å². The van der Waals surface area contributed by atoms with Gasteiger partial charge in [-0.05, 0) is 18.6 Å². The zero-order valence-electron chi connectivity index (χ0n) is 15.2. The third-order valence-electron chi connectivity index (χ3n) is 4.67. The van der Waals surface area contributed by atoms with E-state index >= 15 is 0 Å². The summed E-state index contributed by atoms with van der Waals surface area (Å²) in [6.07, 6.45) is 0.525. The fraction of sp³-hybridized carbons (Fsp3) is 0.316. The van der Waals surface area contributed by atoms with Crippen LogP contribution in [0, 0.1) is 21.7 Å². The lowest BCUT2D eigenvalue weighted by Crippen LogP contribution is -2.35. The van der Waals surface area contributed by atoms with E-state index in [9.17, 15) is 23.7 Å². The van der Waals surface area contributed by atoms with Gasteiger partial charge in [-0.25, -0.2) is 8.78 Å². The Kier molecular flexibility index (Phi) is 5.72. The third-order valence-corrected chi connectivity index (χ3v) is 4.67. The molecule has 0 bridgehead atoms. The first-order valence-electron chi connectivity index (χ1n) is 8.73. The summed E-state index contributed by atoms with van der Waals surface area (Å²) >= 11 is 0. The molecular weight excluding hydrogens is 372 g/mol. The first-order chi connectivity index (χ1) is 13.4. The Morgan fingerprint density at radius 3 is 2.54 bits per heavy atom. The van der Waals surface area contributed by atoms with Gasteiger partial charge in [-0.1, -0.05) is 12.1 Å². The first-order valence-corrected chi connectivity index (χ1v) is 8.73. The van der Waals surface area contributed by atoms with Crippen molar-refractivity contribution in [1.29, 1.82) is 0 Å². The van der Waals surface area contributed by atoms with Crippen molar-refractivity contribution in [2.45, 2.75) is 6.42 Å². The Bertz CT molecular complexity index is 907. The molecule has 0 unspecified atom stereocenters. The van der Waals surface area contributed by atoms with Crippen LogP contribution in [0.25, 0.3) is 0 Å². The van der Waals surface area contributed by atoms with Crippen molar-refractivity contribution in [3.05, 3.63) is 63.7 Å². The van der Waals surface area contributed by atoms with Gasteiger partial charge in [-0.3, -0.25) is 14.9 Å². The maximum Gasteiger partial charge on any atom is 0.295 e. The Morgan fingerprint density at radius 2 is 1.86 bits per heavy atom. The predicted molar refractivity (Wildman–Crippen MR) is 98.7 cm³/mol. The van der Waals surface area contributed by atoms with E-state index in [1.165, 1.54) is 36.3 Å². The molecular formula is C19H19F2N3O4. The summed E-state index contributed by atoms with van der Waals surface area (Å²) in [5.41, 5.74) is -0.152. The largest absolute Gasteiger partial charge is 0.494 e. The molecule has 1 aliphatic heterocycles. The van der Waals surface area contributed by atoms with Gasteiger partial charge >= 0.3 is 0 Å². The van der Waals surface area contributed by atoms with Gasteiger partial charge in [0.25, 0.3) is 11.6 Å². The third kappa shape index (κ3) is 3.88. The summed E-state index contributed by atoms with van der Waals surface area (Å²) in [5.74, 6) is -1.92.